The lowest BCUT2D eigenvalue weighted by Gasteiger charge is -2.29. The standard InChI is InChI=1S/C25H20N2O5/c1-15-7-5-6-10-19(15)21-20-22(32-27(21)18-8-3-2-4-9-18)24(29)26(23(20)28)17-13-11-16(12-14-17)25(30)31/h2-14,20-22H,1H3,(H,30,31)/t20-,21-,22+/m1/s1. The van der Waals surface area contributed by atoms with Gasteiger partial charge >= 0.3 is 5.97 Å². The summed E-state index contributed by atoms with van der Waals surface area (Å²) in [6.45, 7) is 1.97. The van der Waals surface area contributed by atoms with Crippen LogP contribution in [-0.2, 0) is 14.4 Å². The van der Waals surface area contributed by atoms with Crippen molar-refractivity contribution in [3.05, 3.63) is 95.6 Å². The van der Waals surface area contributed by atoms with Crippen LogP contribution in [0.25, 0.3) is 0 Å². The predicted molar refractivity (Wildman–Crippen MR) is 117 cm³/mol. The highest BCUT2D eigenvalue weighted by Crippen LogP contribution is 2.48. The molecule has 7 heteroatoms. The number of rotatable bonds is 4. The third-order valence-electron chi connectivity index (χ3n) is 6.01. The zero-order valence-electron chi connectivity index (χ0n) is 17.2. The Morgan fingerprint density at radius 3 is 2.16 bits per heavy atom. The van der Waals surface area contributed by atoms with E-state index in [1.165, 1.54) is 24.3 Å². The van der Waals surface area contributed by atoms with Gasteiger partial charge in [-0.2, -0.15) is 0 Å². The first-order chi connectivity index (χ1) is 15.5. The van der Waals surface area contributed by atoms with Crippen molar-refractivity contribution in [2.24, 2.45) is 5.92 Å². The fourth-order valence-corrected chi connectivity index (χ4v) is 4.46. The number of nitrogens with zero attached hydrogens (tertiary/aromatic N) is 2. The van der Waals surface area contributed by atoms with Crippen LogP contribution in [0.3, 0.4) is 0 Å². The number of aromatic carboxylic acids is 1. The van der Waals surface area contributed by atoms with Gasteiger partial charge in [0.1, 0.15) is 5.92 Å². The maximum Gasteiger partial charge on any atom is 0.335 e. The summed E-state index contributed by atoms with van der Waals surface area (Å²) in [5.74, 6) is -2.63. The Balaban J connectivity index is 1.57. The summed E-state index contributed by atoms with van der Waals surface area (Å²) in [5.41, 5.74) is 3.07. The highest BCUT2D eigenvalue weighted by atomic mass is 16.7. The van der Waals surface area contributed by atoms with Crippen LogP contribution in [0.1, 0.15) is 27.5 Å². The van der Waals surface area contributed by atoms with E-state index in [2.05, 4.69) is 0 Å². The zero-order chi connectivity index (χ0) is 22.4. The molecule has 5 rings (SSSR count). The number of hydrogen-bond donors (Lipinski definition) is 1. The summed E-state index contributed by atoms with van der Waals surface area (Å²) < 4.78 is 0. The summed E-state index contributed by atoms with van der Waals surface area (Å²) in [4.78, 5) is 45.2. The zero-order valence-corrected chi connectivity index (χ0v) is 17.2. The average Bonchev–Trinajstić information content (AvgIpc) is 3.31. The molecule has 160 valence electrons. The molecule has 2 aliphatic rings. The number of aryl methyl sites for hydroxylation is 1. The van der Waals surface area contributed by atoms with Crippen LogP contribution in [0.2, 0.25) is 0 Å². The van der Waals surface area contributed by atoms with Gasteiger partial charge in [0.15, 0.2) is 6.10 Å². The minimum atomic E-state index is -1.08. The first-order valence-corrected chi connectivity index (χ1v) is 10.2. The van der Waals surface area contributed by atoms with Gasteiger partial charge in [0.05, 0.1) is 23.0 Å². The lowest BCUT2D eigenvalue weighted by Crippen LogP contribution is -2.37. The molecule has 0 spiro atoms. The van der Waals surface area contributed by atoms with Crippen LogP contribution in [0.15, 0.2) is 78.9 Å². The van der Waals surface area contributed by atoms with Gasteiger partial charge in [0.25, 0.3) is 5.91 Å². The fourth-order valence-electron chi connectivity index (χ4n) is 4.46. The van der Waals surface area contributed by atoms with Gasteiger partial charge in [-0.25, -0.2) is 14.8 Å². The molecule has 3 aromatic carbocycles. The van der Waals surface area contributed by atoms with Gasteiger partial charge in [0.2, 0.25) is 5.91 Å². The molecule has 2 heterocycles. The van der Waals surface area contributed by atoms with Crippen molar-refractivity contribution < 1.29 is 24.3 Å². The van der Waals surface area contributed by atoms with Crippen molar-refractivity contribution in [2.75, 3.05) is 9.96 Å². The van der Waals surface area contributed by atoms with Gasteiger partial charge in [-0.05, 0) is 54.4 Å². The average molecular weight is 428 g/mol. The van der Waals surface area contributed by atoms with Gasteiger partial charge < -0.3 is 5.11 Å². The predicted octanol–water partition coefficient (Wildman–Crippen LogP) is 3.74. The molecule has 0 aromatic heterocycles. The summed E-state index contributed by atoms with van der Waals surface area (Å²) in [6.07, 6.45) is -0.966. The van der Waals surface area contributed by atoms with E-state index >= 15 is 0 Å². The largest absolute Gasteiger partial charge is 0.478 e. The van der Waals surface area contributed by atoms with E-state index in [4.69, 9.17) is 9.94 Å². The summed E-state index contributed by atoms with van der Waals surface area (Å²) in [5, 5.41) is 10.8. The van der Waals surface area contributed by atoms with E-state index in [9.17, 15) is 14.4 Å². The van der Waals surface area contributed by atoms with Crippen molar-refractivity contribution in [3.8, 4) is 0 Å². The molecule has 2 amide bonds. The van der Waals surface area contributed by atoms with E-state index in [0.717, 1.165) is 21.7 Å². The van der Waals surface area contributed by atoms with Crippen molar-refractivity contribution in [1.29, 1.82) is 0 Å². The normalized spacial score (nSPS) is 22.3. The maximum atomic E-state index is 13.6. The Kier molecular flexibility index (Phi) is 4.75. The van der Waals surface area contributed by atoms with Crippen LogP contribution in [-0.4, -0.2) is 29.0 Å². The van der Waals surface area contributed by atoms with E-state index < -0.39 is 29.9 Å². The highest BCUT2D eigenvalue weighted by molar-refractivity contribution is 6.24. The Labute approximate surface area is 184 Å². The quantitative estimate of drug-likeness (QED) is 0.637. The monoisotopic (exact) mass is 428 g/mol. The molecule has 3 aromatic rings. The molecule has 0 aliphatic carbocycles. The van der Waals surface area contributed by atoms with E-state index in [1.54, 1.807) is 5.06 Å². The number of carbonyl (C=O) groups is 3. The Hall–Kier alpha value is -3.97. The number of anilines is 2. The molecular weight excluding hydrogens is 408 g/mol. The molecule has 2 fully saturated rings. The number of carbonyl (C=O) groups excluding carboxylic acids is 2. The Bertz CT molecular complexity index is 1210. The molecule has 0 bridgehead atoms. The first-order valence-electron chi connectivity index (χ1n) is 10.2. The number of para-hydroxylation sites is 1. The topological polar surface area (TPSA) is 87.2 Å². The lowest BCUT2D eigenvalue weighted by atomic mass is 9.88. The second kappa shape index (κ2) is 7.62. The molecule has 2 aliphatic heterocycles. The van der Waals surface area contributed by atoms with Gasteiger partial charge in [0, 0.05) is 0 Å². The minimum Gasteiger partial charge on any atom is -0.478 e. The second-order valence-corrected chi connectivity index (χ2v) is 7.88. The number of hydrogen-bond acceptors (Lipinski definition) is 5. The fraction of sp³-hybridized carbons (Fsp3) is 0.160. The van der Waals surface area contributed by atoms with Crippen LogP contribution in [0.4, 0.5) is 11.4 Å². The van der Waals surface area contributed by atoms with Crippen LogP contribution in [0, 0.1) is 12.8 Å². The third-order valence-corrected chi connectivity index (χ3v) is 6.01. The van der Waals surface area contributed by atoms with Crippen molar-refractivity contribution in [2.45, 2.75) is 19.1 Å². The molecule has 0 saturated carbocycles. The Morgan fingerprint density at radius 1 is 0.844 bits per heavy atom. The lowest BCUT2D eigenvalue weighted by molar-refractivity contribution is -0.126. The number of hydroxylamine groups is 1. The first kappa shape index (κ1) is 20.0. The maximum absolute atomic E-state index is 13.6. The van der Waals surface area contributed by atoms with Crippen molar-refractivity contribution in [1.82, 2.24) is 0 Å². The minimum absolute atomic E-state index is 0.0809. The molecule has 0 unspecified atom stereocenters. The molecule has 2 saturated heterocycles. The summed E-state index contributed by atoms with van der Waals surface area (Å²) in [6, 6.07) is 22.4. The van der Waals surface area contributed by atoms with Crippen molar-refractivity contribution in [3.63, 3.8) is 0 Å². The molecule has 0 radical (unpaired) electrons. The summed E-state index contributed by atoms with van der Waals surface area (Å²) >= 11 is 0. The number of fused-ring (bicyclic) bond motifs is 1. The summed E-state index contributed by atoms with van der Waals surface area (Å²) in [7, 11) is 0. The van der Waals surface area contributed by atoms with E-state index in [0.29, 0.717) is 5.69 Å². The van der Waals surface area contributed by atoms with E-state index in [-0.39, 0.29) is 11.5 Å². The molecule has 3 atom stereocenters. The van der Waals surface area contributed by atoms with Crippen LogP contribution in [0.5, 0.6) is 0 Å². The van der Waals surface area contributed by atoms with Crippen molar-refractivity contribution >= 4 is 29.2 Å². The van der Waals surface area contributed by atoms with Gasteiger partial charge in [-0.3, -0.25) is 14.4 Å². The number of amides is 2. The highest BCUT2D eigenvalue weighted by Gasteiger charge is 2.60. The molecule has 32 heavy (non-hydrogen) atoms. The molecule has 1 N–H and O–H groups in total. The second-order valence-electron chi connectivity index (χ2n) is 7.88. The number of benzene rings is 3. The Morgan fingerprint density at radius 2 is 1.50 bits per heavy atom. The van der Waals surface area contributed by atoms with E-state index in [1.807, 2.05) is 61.5 Å². The third kappa shape index (κ3) is 3.06. The van der Waals surface area contributed by atoms with Crippen LogP contribution < -0.4 is 9.96 Å². The molecule has 7 nitrogen and oxygen atoms in total. The molecular formula is C25H20N2O5. The smallest absolute Gasteiger partial charge is 0.335 e. The van der Waals surface area contributed by atoms with Gasteiger partial charge in [-0.1, -0.05) is 42.5 Å². The number of imide groups is 1. The van der Waals surface area contributed by atoms with Gasteiger partial charge in [-0.15, -0.1) is 0 Å². The SMILES string of the molecule is Cc1ccccc1[C@@H]1[C@H]2C(=O)N(c3ccc(C(=O)O)cc3)C(=O)[C@H]2ON1c1ccccc1. The number of carboxylic acids is 1. The van der Waals surface area contributed by atoms with Crippen LogP contribution >= 0.6 is 0 Å². The number of carboxylic acid groups (broad SMARTS) is 1.